The van der Waals surface area contributed by atoms with Crippen LogP contribution in [0.5, 0.6) is 11.5 Å². The van der Waals surface area contributed by atoms with Crippen molar-refractivity contribution in [2.24, 2.45) is 5.92 Å². The second kappa shape index (κ2) is 7.40. The Labute approximate surface area is 179 Å². The Balaban J connectivity index is 1.36. The van der Waals surface area contributed by atoms with Gasteiger partial charge in [0.15, 0.2) is 11.9 Å². The molecule has 2 aliphatic rings. The molecule has 3 aromatic rings. The van der Waals surface area contributed by atoms with E-state index in [1.54, 1.807) is 46.5 Å². The fraction of sp³-hybridized carbons (Fsp3) is 0.208. The highest BCUT2D eigenvalue weighted by Crippen LogP contribution is 2.44. The van der Waals surface area contributed by atoms with E-state index in [-0.39, 0.29) is 29.8 Å². The summed E-state index contributed by atoms with van der Waals surface area (Å²) in [7, 11) is 0. The van der Waals surface area contributed by atoms with Gasteiger partial charge >= 0.3 is 0 Å². The number of hydrogen-bond donors (Lipinski definition) is 0. The lowest BCUT2D eigenvalue weighted by molar-refractivity contribution is 0.0816. The summed E-state index contributed by atoms with van der Waals surface area (Å²) in [5.41, 5.74) is 2.26. The standard InChI is InChI=1S/C24H19FN4O2/c1-15-13-28(14-26)23-22(15)29(23)24(30)17-4-2-16(3-5-17)20-10-11-27-12-21(20)31-19-8-6-18(25)7-9-19/h2-12,15,22-23H,13H2,1H3/t15?,22-,23?,29?/m1/s1. The summed E-state index contributed by atoms with van der Waals surface area (Å²) in [6.45, 7) is 2.77. The van der Waals surface area contributed by atoms with Crippen molar-refractivity contribution in [3.05, 3.63) is 78.4 Å². The number of halogens is 1. The highest BCUT2D eigenvalue weighted by atomic mass is 19.1. The van der Waals surface area contributed by atoms with Crippen LogP contribution in [0, 0.1) is 23.2 Å². The summed E-state index contributed by atoms with van der Waals surface area (Å²) in [5.74, 6) is 0.933. The molecule has 1 aromatic heterocycles. The van der Waals surface area contributed by atoms with Gasteiger partial charge < -0.3 is 9.64 Å². The molecule has 3 heterocycles. The van der Waals surface area contributed by atoms with Crippen LogP contribution in [0.1, 0.15) is 17.3 Å². The largest absolute Gasteiger partial charge is 0.455 e. The predicted molar refractivity (Wildman–Crippen MR) is 111 cm³/mol. The molecule has 3 atom stereocenters. The van der Waals surface area contributed by atoms with Gasteiger partial charge in [-0.05, 0) is 53.9 Å². The number of aromatic nitrogens is 1. The fourth-order valence-electron chi connectivity index (χ4n) is 4.29. The monoisotopic (exact) mass is 414 g/mol. The molecule has 0 radical (unpaired) electrons. The quantitative estimate of drug-likeness (QED) is 0.471. The van der Waals surface area contributed by atoms with Crippen molar-refractivity contribution in [2.45, 2.75) is 19.1 Å². The number of hydrogen-bond acceptors (Lipinski definition) is 5. The third-order valence-corrected chi connectivity index (χ3v) is 5.84. The SMILES string of the molecule is CC1CN(C#N)C2[C@@H]1N2C(=O)c1ccc(-c2ccncc2Oc2ccc(F)cc2)cc1. The highest BCUT2D eigenvalue weighted by molar-refractivity contribution is 5.97. The van der Waals surface area contributed by atoms with Gasteiger partial charge in [0, 0.05) is 23.9 Å². The van der Waals surface area contributed by atoms with Gasteiger partial charge in [0.05, 0.1) is 12.2 Å². The van der Waals surface area contributed by atoms with Gasteiger partial charge in [-0.2, -0.15) is 5.26 Å². The molecular formula is C24H19FN4O2. The minimum atomic E-state index is -0.332. The molecular weight excluding hydrogens is 395 g/mol. The molecule has 31 heavy (non-hydrogen) atoms. The molecule has 7 heteroatoms. The van der Waals surface area contributed by atoms with Gasteiger partial charge in [0.25, 0.3) is 5.91 Å². The number of carbonyl (C=O) groups excluding carboxylic acids is 1. The van der Waals surface area contributed by atoms with Gasteiger partial charge in [0.1, 0.15) is 17.7 Å². The van der Waals surface area contributed by atoms with E-state index in [4.69, 9.17) is 4.74 Å². The Morgan fingerprint density at radius 1 is 1.16 bits per heavy atom. The van der Waals surface area contributed by atoms with Crippen molar-refractivity contribution >= 4 is 5.91 Å². The third-order valence-electron chi connectivity index (χ3n) is 5.84. The Hall–Kier alpha value is -3.92. The number of amides is 1. The number of nitriles is 1. The summed E-state index contributed by atoms with van der Waals surface area (Å²) in [6, 6.07) is 15.0. The maximum Gasteiger partial charge on any atom is 0.255 e. The number of pyridine rings is 1. The molecule has 0 saturated carbocycles. The zero-order valence-corrected chi connectivity index (χ0v) is 16.8. The van der Waals surface area contributed by atoms with Gasteiger partial charge in [-0.1, -0.05) is 19.1 Å². The fourth-order valence-corrected chi connectivity index (χ4v) is 4.29. The van der Waals surface area contributed by atoms with E-state index in [2.05, 4.69) is 18.1 Å². The van der Waals surface area contributed by atoms with Crippen molar-refractivity contribution in [2.75, 3.05) is 6.54 Å². The van der Waals surface area contributed by atoms with Gasteiger partial charge in [-0.15, -0.1) is 0 Å². The van der Waals surface area contributed by atoms with E-state index in [1.807, 2.05) is 18.2 Å². The Morgan fingerprint density at radius 2 is 1.90 bits per heavy atom. The van der Waals surface area contributed by atoms with E-state index in [0.717, 1.165) is 11.1 Å². The second-order valence-electron chi connectivity index (χ2n) is 7.85. The molecule has 0 N–H and O–H groups in total. The summed E-state index contributed by atoms with van der Waals surface area (Å²) in [4.78, 5) is 20.5. The predicted octanol–water partition coefficient (Wildman–Crippen LogP) is 4.26. The first-order valence-electron chi connectivity index (χ1n) is 10.0. The molecule has 5 rings (SSSR count). The zero-order chi connectivity index (χ0) is 21.5. The topological polar surface area (TPSA) is 69.2 Å². The van der Waals surface area contributed by atoms with Crippen molar-refractivity contribution in [1.29, 1.82) is 5.26 Å². The van der Waals surface area contributed by atoms with Crippen LogP contribution in [0.4, 0.5) is 4.39 Å². The maximum atomic E-state index is 13.2. The summed E-state index contributed by atoms with van der Waals surface area (Å²) < 4.78 is 19.0. The molecule has 2 saturated heterocycles. The van der Waals surface area contributed by atoms with Gasteiger partial charge in [-0.3, -0.25) is 14.7 Å². The Kier molecular flexibility index (Phi) is 4.55. The van der Waals surface area contributed by atoms with Crippen LogP contribution in [0.2, 0.25) is 0 Å². The number of benzene rings is 2. The minimum Gasteiger partial charge on any atom is -0.455 e. The van der Waals surface area contributed by atoms with Crippen LogP contribution < -0.4 is 4.74 Å². The smallest absolute Gasteiger partial charge is 0.255 e. The van der Waals surface area contributed by atoms with Crippen LogP contribution in [0.25, 0.3) is 11.1 Å². The van der Waals surface area contributed by atoms with E-state index >= 15 is 0 Å². The molecule has 2 fully saturated rings. The number of carbonyl (C=O) groups is 1. The Morgan fingerprint density at radius 3 is 2.61 bits per heavy atom. The van der Waals surface area contributed by atoms with Crippen molar-refractivity contribution in [3.63, 3.8) is 0 Å². The van der Waals surface area contributed by atoms with Crippen molar-refractivity contribution in [3.8, 4) is 28.8 Å². The van der Waals surface area contributed by atoms with Gasteiger partial charge in [0.2, 0.25) is 0 Å². The summed E-state index contributed by atoms with van der Waals surface area (Å²) in [5, 5.41) is 9.26. The number of nitrogens with zero attached hydrogens (tertiary/aromatic N) is 4. The lowest BCUT2D eigenvalue weighted by Gasteiger charge is -2.17. The van der Waals surface area contributed by atoms with Crippen LogP contribution in [0.3, 0.4) is 0 Å². The molecule has 2 aromatic carbocycles. The maximum absolute atomic E-state index is 13.2. The first-order chi connectivity index (χ1) is 15.1. The van der Waals surface area contributed by atoms with Crippen LogP contribution >= 0.6 is 0 Å². The van der Waals surface area contributed by atoms with Crippen LogP contribution in [-0.2, 0) is 0 Å². The molecule has 2 aliphatic heterocycles. The average Bonchev–Trinajstić information content (AvgIpc) is 3.46. The zero-order valence-electron chi connectivity index (χ0n) is 16.8. The molecule has 1 amide bonds. The Bertz CT molecular complexity index is 1170. The lowest BCUT2D eigenvalue weighted by atomic mass is 10.0. The normalized spacial score (nSPS) is 21.4. The van der Waals surface area contributed by atoms with Crippen molar-refractivity contribution in [1.82, 2.24) is 14.8 Å². The summed E-state index contributed by atoms with van der Waals surface area (Å²) in [6.07, 6.45) is 5.34. The van der Waals surface area contributed by atoms with Crippen LogP contribution in [0.15, 0.2) is 67.0 Å². The molecule has 2 unspecified atom stereocenters. The molecule has 0 spiro atoms. The van der Waals surface area contributed by atoms with Crippen molar-refractivity contribution < 1.29 is 13.9 Å². The number of fused-ring (bicyclic) bond motifs is 1. The van der Waals surface area contributed by atoms with Gasteiger partial charge in [-0.25, -0.2) is 4.39 Å². The third kappa shape index (κ3) is 3.36. The lowest BCUT2D eigenvalue weighted by Crippen LogP contribution is -2.30. The highest BCUT2D eigenvalue weighted by Gasteiger charge is 2.61. The minimum absolute atomic E-state index is 0.0640. The van der Waals surface area contributed by atoms with E-state index in [1.165, 1.54) is 12.1 Å². The average molecular weight is 414 g/mol. The number of likely N-dealkylation sites (tertiary alicyclic amines) is 1. The first kappa shape index (κ1) is 19.1. The van der Waals surface area contributed by atoms with Crippen LogP contribution in [-0.4, -0.2) is 39.4 Å². The second-order valence-corrected chi connectivity index (χ2v) is 7.85. The number of ether oxygens (including phenoxy) is 1. The molecule has 154 valence electrons. The molecule has 0 aliphatic carbocycles. The van der Waals surface area contributed by atoms with E-state index in [0.29, 0.717) is 23.6 Å². The van der Waals surface area contributed by atoms with E-state index in [9.17, 15) is 14.4 Å². The summed E-state index contributed by atoms with van der Waals surface area (Å²) >= 11 is 0. The molecule has 6 nitrogen and oxygen atoms in total. The first-order valence-corrected chi connectivity index (χ1v) is 10.0. The number of rotatable bonds is 4. The van der Waals surface area contributed by atoms with E-state index < -0.39 is 0 Å². The molecule has 0 bridgehead atoms.